The van der Waals surface area contributed by atoms with Crippen molar-refractivity contribution < 1.29 is 22.8 Å². The molecule has 0 aromatic carbocycles. The van der Waals surface area contributed by atoms with Crippen molar-refractivity contribution in [2.75, 3.05) is 19.6 Å². The van der Waals surface area contributed by atoms with E-state index in [1.54, 1.807) is 11.1 Å². The molecule has 0 radical (unpaired) electrons. The number of nitrogens with one attached hydrogen (secondary N) is 1. The molecule has 3 rings (SSSR count). The maximum absolute atomic E-state index is 12.6. The second-order valence-electron chi connectivity index (χ2n) is 6.44. The van der Waals surface area contributed by atoms with Crippen LogP contribution in [0.5, 0.6) is 0 Å². The number of rotatable bonds is 4. The normalized spacial score (nSPS) is 24.7. The average molecular weight is 344 g/mol. The molecular weight excluding hydrogens is 325 g/mol. The standard InChI is InChI=1S/C15H19F3N4O2/c16-15(17,18)8-20-13(24)14(22-7-5-19-10-22)4-1-6-21(9-14)12(23)11-2-3-11/h5,7,10-11H,1-4,6,8-9H2,(H,20,24). The van der Waals surface area contributed by atoms with E-state index in [2.05, 4.69) is 4.98 Å². The number of hydrogen-bond acceptors (Lipinski definition) is 3. The van der Waals surface area contributed by atoms with Crippen LogP contribution in [0, 0.1) is 5.92 Å². The minimum Gasteiger partial charge on any atom is -0.345 e. The minimum atomic E-state index is -4.48. The Morgan fingerprint density at radius 3 is 2.67 bits per heavy atom. The van der Waals surface area contributed by atoms with Gasteiger partial charge in [0.2, 0.25) is 11.8 Å². The number of likely N-dealkylation sites (tertiary alicyclic amines) is 1. The molecule has 2 heterocycles. The number of halogens is 3. The van der Waals surface area contributed by atoms with E-state index in [-0.39, 0.29) is 18.4 Å². The lowest BCUT2D eigenvalue weighted by Crippen LogP contribution is -2.60. The van der Waals surface area contributed by atoms with Crippen LogP contribution >= 0.6 is 0 Å². The quantitative estimate of drug-likeness (QED) is 0.895. The van der Waals surface area contributed by atoms with Gasteiger partial charge in [-0.2, -0.15) is 13.2 Å². The van der Waals surface area contributed by atoms with E-state index in [0.29, 0.717) is 19.4 Å². The van der Waals surface area contributed by atoms with Gasteiger partial charge in [-0.05, 0) is 25.7 Å². The van der Waals surface area contributed by atoms with Crippen LogP contribution in [0.3, 0.4) is 0 Å². The van der Waals surface area contributed by atoms with Crippen molar-refractivity contribution in [1.82, 2.24) is 19.8 Å². The van der Waals surface area contributed by atoms with Gasteiger partial charge in [-0.15, -0.1) is 0 Å². The smallest absolute Gasteiger partial charge is 0.345 e. The van der Waals surface area contributed by atoms with Crippen LogP contribution in [0.1, 0.15) is 25.7 Å². The molecule has 1 atom stereocenters. The van der Waals surface area contributed by atoms with E-state index in [1.165, 1.54) is 17.1 Å². The number of alkyl halides is 3. The Morgan fingerprint density at radius 1 is 1.33 bits per heavy atom. The van der Waals surface area contributed by atoms with Crippen molar-refractivity contribution in [3.63, 3.8) is 0 Å². The number of amides is 2. The summed E-state index contributed by atoms with van der Waals surface area (Å²) in [5.74, 6) is -0.740. The summed E-state index contributed by atoms with van der Waals surface area (Å²) in [7, 11) is 0. The van der Waals surface area contributed by atoms with Crippen molar-refractivity contribution in [1.29, 1.82) is 0 Å². The van der Waals surface area contributed by atoms with E-state index in [0.717, 1.165) is 12.8 Å². The molecule has 1 saturated carbocycles. The van der Waals surface area contributed by atoms with Crippen LogP contribution in [0.15, 0.2) is 18.7 Å². The number of piperidine rings is 1. The highest BCUT2D eigenvalue weighted by Crippen LogP contribution is 2.35. The first-order valence-corrected chi connectivity index (χ1v) is 7.94. The predicted molar refractivity (Wildman–Crippen MR) is 77.8 cm³/mol. The SMILES string of the molecule is O=C(C1CC1)N1CCCC(C(=O)NCC(F)(F)F)(n2ccnc2)C1. The first-order chi connectivity index (χ1) is 11.3. The van der Waals surface area contributed by atoms with E-state index in [9.17, 15) is 22.8 Å². The molecule has 132 valence electrons. The molecular formula is C15H19F3N4O2. The molecule has 2 fully saturated rings. The van der Waals surface area contributed by atoms with Gasteiger partial charge in [0.05, 0.1) is 12.9 Å². The van der Waals surface area contributed by atoms with Crippen molar-refractivity contribution in [2.45, 2.75) is 37.4 Å². The summed E-state index contributed by atoms with van der Waals surface area (Å²) < 4.78 is 38.9. The fourth-order valence-electron chi connectivity index (χ4n) is 3.18. The second-order valence-corrected chi connectivity index (χ2v) is 6.44. The number of carbonyl (C=O) groups is 2. The monoisotopic (exact) mass is 344 g/mol. The third kappa shape index (κ3) is 3.39. The van der Waals surface area contributed by atoms with E-state index < -0.39 is 24.2 Å². The van der Waals surface area contributed by atoms with E-state index >= 15 is 0 Å². The molecule has 1 N–H and O–H groups in total. The van der Waals surface area contributed by atoms with Crippen LogP contribution in [0.2, 0.25) is 0 Å². The molecule has 24 heavy (non-hydrogen) atoms. The van der Waals surface area contributed by atoms with Crippen molar-refractivity contribution in [2.24, 2.45) is 5.92 Å². The lowest BCUT2D eigenvalue weighted by atomic mass is 9.87. The largest absolute Gasteiger partial charge is 0.405 e. The first kappa shape index (κ1) is 16.8. The molecule has 6 nitrogen and oxygen atoms in total. The Bertz CT molecular complexity index is 613. The van der Waals surface area contributed by atoms with Gasteiger partial charge >= 0.3 is 6.18 Å². The second kappa shape index (κ2) is 6.10. The van der Waals surface area contributed by atoms with Crippen LogP contribution < -0.4 is 5.32 Å². The van der Waals surface area contributed by atoms with Gasteiger partial charge in [-0.3, -0.25) is 9.59 Å². The van der Waals surface area contributed by atoms with Gasteiger partial charge in [0.1, 0.15) is 12.1 Å². The van der Waals surface area contributed by atoms with Crippen molar-refractivity contribution >= 4 is 11.8 Å². The highest BCUT2D eigenvalue weighted by atomic mass is 19.4. The van der Waals surface area contributed by atoms with Crippen LogP contribution in [-0.4, -0.2) is 52.1 Å². The molecule has 2 amide bonds. The van der Waals surface area contributed by atoms with Gasteiger partial charge in [-0.1, -0.05) is 0 Å². The summed E-state index contributed by atoms with van der Waals surface area (Å²) in [5.41, 5.74) is -1.25. The first-order valence-electron chi connectivity index (χ1n) is 7.94. The zero-order chi connectivity index (χ0) is 17.4. The Kier molecular flexibility index (Phi) is 4.27. The van der Waals surface area contributed by atoms with Gasteiger partial charge in [0.25, 0.3) is 0 Å². The van der Waals surface area contributed by atoms with Crippen LogP contribution in [-0.2, 0) is 15.1 Å². The third-order valence-electron chi connectivity index (χ3n) is 4.58. The minimum absolute atomic E-state index is 0.00169. The molecule has 0 bridgehead atoms. The summed E-state index contributed by atoms with van der Waals surface area (Å²) in [6.07, 6.45) is 2.56. The molecule has 1 aliphatic heterocycles. The fourth-order valence-corrected chi connectivity index (χ4v) is 3.18. The Morgan fingerprint density at radius 2 is 2.08 bits per heavy atom. The summed E-state index contributed by atoms with van der Waals surface area (Å²) in [5, 5.41) is 1.98. The van der Waals surface area contributed by atoms with Crippen molar-refractivity contribution in [3.05, 3.63) is 18.7 Å². The maximum atomic E-state index is 12.6. The lowest BCUT2D eigenvalue weighted by Gasteiger charge is -2.42. The summed E-state index contributed by atoms with van der Waals surface area (Å²) in [4.78, 5) is 30.5. The third-order valence-corrected chi connectivity index (χ3v) is 4.58. The summed E-state index contributed by atoms with van der Waals surface area (Å²) in [6.45, 7) is -0.792. The molecule has 1 aromatic heterocycles. The molecule has 9 heteroatoms. The highest BCUT2D eigenvalue weighted by Gasteiger charge is 2.47. The van der Waals surface area contributed by atoms with E-state index in [1.807, 2.05) is 5.32 Å². The number of aromatic nitrogens is 2. The number of hydrogen-bond donors (Lipinski definition) is 1. The van der Waals surface area contributed by atoms with Crippen molar-refractivity contribution in [3.8, 4) is 0 Å². The maximum Gasteiger partial charge on any atom is 0.405 e. The topological polar surface area (TPSA) is 67.2 Å². The Balaban J connectivity index is 1.82. The van der Waals surface area contributed by atoms with Crippen LogP contribution in [0.25, 0.3) is 0 Å². The molecule has 1 aliphatic carbocycles. The number of nitrogens with zero attached hydrogens (tertiary/aromatic N) is 3. The molecule has 1 saturated heterocycles. The zero-order valence-electron chi connectivity index (χ0n) is 13.1. The lowest BCUT2D eigenvalue weighted by molar-refractivity contribution is -0.149. The molecule has 2 aliphatic rings. The molecule has 1 aromatic rings. The van der Waals surface area contributed by atoms with Crippen LogP contribution in [0.4, 0.5) is 13.2 Å². The van der Waals surface area contributed by atoms with Gasteiger partial charge in [0, 0.05) is 24.9 Å². The number of carbonyl (C=O) groups excluding carboxylic acids is 2. The summed E-state index contributed by atoms with van der Waals surface area (Å²) >= 11 is 0. The highest BCUT2D eigenvalue weighted by molar-refractivity contribution is 5.87. The van der Waals surface area contributed by atoms with Gasteiger partial charge < -0.3 is 14.8 Å². The van der Waals surface area contributed by atoms with Gasteiger partial charge in [-0.25, -0.2) is 4.98 Å². The average Bonchev–Trinajstić information content (AvgIpc) is 3.24. The van der Waals surface area contributed by atoms with E-state index in [4.69, 9.17) is 0 Å². The summed E-state index contributed by atoms with van der Waals surface area (Å²) in [6, 6.07) is 0. The zero-order valence-corrected chi connectivity index (χ0v) is 13.1. The molecule has 1 unspecified atom stereocenters. The number of imidazole rings is 1. The fraction of sp³-hybridized carbons (Fsp3) is 0.667. The van der Waals surface area contributed by atoms with Gasteiger partial charge in [0.15, 0.2) is 0 Å². The Hall–Kier alpha value is -2.06. The molecule has 0 spiro atoms. The predicted octanol–water partition coefficient (Wildman–Crippen LogP) is 1.29. The Labute approximate surface area is 137 Å².